The van der Waals surface area contributed by atoms with Crippen molar-refractivity contribution in [1.29, 1.82) is 0 Å². The molecule has 0 aromatic heterocycles. The molecular weight excluding hydrogens is 508 g/mol. The first-order valence-electron chi connectivity index (χ1n) is 13.5. The van der Waals surface area contributed by atoms with Gasteiger partial charge in [0.05, 0.1) is 22.1 Å². The highest BCUT2D eigenvalue weighted by Gasteiger charge is 2.57. The zero-order valence-corrected chi connectivity index (χ0v) is 22.1. The molecule has 1 spiro atoms. The maximum Gasteiger partial charge on any atom is 0.335 e. The number of ether oxygens (including phenoxy) is 2. The molecule has 10 nitrogen and oxygen atoms in total. The molecule has 6 atom stereocenters. The second kappa shape index (κ2) is 10.0. The second-order valence-corrected chi connectivity index (χ2v) is 11.7. The number of carbonyl (C=O) groups excluding carboxylic acids is 1. The van der Waals surface area contributed by atoms with Gasteiger partial charge in [-0.15, -0.1) is 0 Å². The van der Waals surface area contributed by atoms with Gasteiger partial charge in [0.2, 0.25) is 6.29 Å². The summed E-state index contributed by atoms with van der Waals surface area (Å²) in [5, 5.41) is 65.2. The molecule has 3 fully saturated rings. The van der Waals surface area contributed by atoms with Crippen LogP contribution in [0.3, 0.4) is 0 Å². The van der Waals surface area contributed by atoms with Gasteiger partial charge in [-0.25, -0.2) is 4.79 Å². The minimum Gasteiger partial charge on any atom is -0.506 e. The molecule has 1 heterocycles. The normalized spacial score (nSPS) is 32.4. The first kappa shape index (κ1) is 27.8. The van der Waals surface area contributed by atoms with Crippen molar-refractivity contribution in [1.82, 2.24) is 0 Å². The smallest absolute Gasteiger partial charge is 0.335 e. The van der Waals surface area contributed by atoms with Gasteiger partial charge in [-0.2, -0.15) is 0 Å². The Morgan fingerprint density at radius 3 is 2.28 bits per heavy atom. The van der Waals surface area contributed by atoms with Crippen molar-refractivity contribution < 1.29 is 49.7 Å². The van der Waals surface area contributed by atoms with Gasteiger partial charge in [0.15, 0.2) is 5.78 Å². The number of aliphatic hydroxyl groups is 4. The van der Waals surface area contributed by atoms with Gasteiger partial charge in [0.25, 0.3) is 0 Å². The van der Waals surface area contributed by atoms with E-state index in [1.54, 1.807) is 13.0 Å². The molecule has 212 valence electrons. The Labute approximate surface area is 225 Å². The van der Waals surface area contributed by atoms with Crippen LogP contribution in [0.15, 0.2) is 18.2 Å². The molecule has 2 aliphatic carbocycles. The van der Waals surface area contributed by atoms with Gasteiger partial charge in [-0.3, -0.25) is 4.79 Å². The van der Waals surface area contributed by atoms with Gasteiger partial charge in [0.1, 0.15) is 35.9 Å². The number of carboxylic acids is 1. The number of phenols is 1. The molecule has 2 aromatic rings. The van der Waals surface area contributed by atoms with Crippen molar-refractivity contribution in [3.8, 4) is 11.5 Å². The predicted molar refractivity (Wildman–Crippen MR) is 139 cm³/mol. The van der Waals surface area contributed by atoms with E-state index in [4.69, 9.17) is 9.47 Å². The minimum absolute atomic E-state index is 0.0325. The van der Waals surface area contributed by atoms with Crippen molar-refractivity contribution in [3.63, 3.8) is 0 Å². The number of aryl methyl sites for hydroxylation is 1. The van der Waals surface area contributed by atoms with Crippen molar-refractivity contribution in [2.75, 3.05) is 0 Å². The molecule has 10 heteroatoms. The topological polar surface area (TPSA) is 174 Å². The fraction of sp³-hybridized carbons (Fsp3) is 0.586. The van der Waals surface area contributed by atoms with Crippen LogP contribution in [0, 0.1) is 12.3 Å². The minimum atomic E-state index is -1.76. The average molecular weight is 545 g/mol. The number of aliphatic hydroxyl groups excluding tert-OH is 3. The molecule has 0 amide bonds. The molecule has 2 aromatic carbocycles. The van der Waals surface area contributed by atoms with Crippen LogP contribution in [-0.2, 0) is 4.74 Å². The molecule has 0 radical (unpaired) electrons. The van der Waals surface area contributed by atoms with Gasteiger partial charge < -0.3 is 40.1 Å². The van der Waals surface area contributed by atoms with Crippen LogP contribution in [0.5, 0.6) is 11.5 Å². The lowest BCUT2D eigenvalue weighted by molar-refractivity contribution is -0.311. The van der Waals surface area contributed by atoms with E-state index < -0.39 is 53.8 Å². The monoisotopic (exact) mass is 544 g/mol. The van der Waals surface area contributed by atoms with Crippen molar-refractivity contribution in [2.45, 2.75) is 102 Å². The number of aromatic carboxylic acids is 1. The largest absolute Gasteiger partial charge is 0.506 e. The van der Waals surface area contributed by atoms with Gasteiger partial charge in [-0.05, 0) is 80.9 Å². The summed E-state index contributed by atoms with van der Waals surface area (Å²) in [4.78, 5) is 24.1. The number of phenolic OH excluding ortho intramolecular Hbond substituents is 1. The molecule has 0 unspecified atom stereocenters. The fourth-order valence-electron chi connectivity index (χ4n) is 7.19. The Bertz CT molecular complexity index is 1300. The lowest BCUT2D eigenvalue weighted by Gasteiger charge is -2.51. The lowest BCUT2D eigenvalue weighted by Crippen LogP contribution is -2.66. The number of rotatable bonds is 5. The summed E-state index contributed by atoms with van der Waals surface area (Å²) in [6, 6.07) is 4.01. The summed E-state index contributed by atoms with van der Waals surface area (Å²) in [5.74, 6) is -2.29. The third-order valence-electron chi connectivity index (χ3n) is 8.98. The molecular formula is C29H36O10. The van der Waals surface area contributed by atoms with E-state index >= 15 is 0 Å². The third-order valence-corrected chi connectivity index (χ3v) is 8.98. The molecule has 5 rings (SSSR count). The molecule has 39 heavy (non-hydrogen) atoms. The van der Waals surface area contributed by atoms with E-state index in [1.165, 1.54) is 13.0 Å². The Kier molecular flexibility index (Phi) is 7.13. The third kappa shape index (κ3) is 4.78. The first-order valence-corrected chi connectivity index (χ1v) is 13.5. The average Bonchev–Trinajstić information content (AvgIpc) is 3.30. The van der Waals surface area contributed by atoms with Crippen molar-refractivity contribution in [2.24, 2.45) is 5.41 Å². The molecule has 0 bridgehead atoms. The number of hydrogen-bond donors (Lipinski definition) is 6. The summed E-state index contributed by atoms with van der Waals surface area (Å²) in [7, 11) is 0. The Morgan fingerprint density at radius 2 is 1.64 bits per heavy atom. The second-order valence-electron chi connectivity index (χ2n) is 11.7. The molecule has 1 saturated heterocycles. The van der Waals surface area contributed by atoms with Crippen LogP contribution in [0.4, 0.5) is 0 Å². The van der Waals surface area contributed by atoms with Gasteiger partial charge in [-0.1, -0.05) is 18.9 Å². The van der Waals surface area contributed by atoms with Crippen molar-refractivity contribution in [3.05, 3.63) is 34.9 Å². The van der Waals surface area contributed by atoms with E-state index in [-0.39, 0.29) is 33.1 Å². The summed E-state index contributed by atoms with van der Waals surface area (Å²) < 4.78 is 11.9. The van der Waals surface area contributed by atoms with Gasteiger partial charge >= 0.3 is 5.97 Å². The number of carbonyl (C=O) groups is 2. The zero-order chi connectivity index (χ0) is 28.3. The van der Waals surface area contributed by atoms with Crippen LogP contribution in [0.2, 0.25) is 0 Å². The highest BCUT2D eigenvalue weighted by Crippen LogP contribution is 2.54. The molecule has 3 aliphatic rings. The SMILES string of the molecule is CC(=O)c1c(C)cc2cc(C(=O)O)cc(O[C@H]3O[C@H]([C@@]4(O)CCCC5(CCCC5)C4)[C@@H](O)[C@H](O)[C@H]3O)c2c1O. The highest BCUT2D eigenvalue weighted by atomic mass is 16.7. The molecule has 2 saturated carbocycles. The number of fused-ring (bicyclic) bond motifs is 1. The summed E-state index contributed by atoms with van der Waals surface area (Å²) in [5.41, 5.74) is -1.24. The fourth-order valence-corrected chi connectivity index (χ4v) is 7.19. The Hall–Kier alpha value is -2.76. The van der Waals surface area contributed by atoms with Crippen LogP contribution in [-0.4, -0.2) is 78.7 Å². The van der Waals surface area contributed by atoms with E-state index in [0.29, 0.717) is 18.4 Å². The quantitative estimate of drug-likeness (QED) is 0.307. The lowest BCUT2D eigenvalue weighted by atomic mass is 9.63. The van der Waals surface area contributed by atoms with E-state index in [1.807, 2.05) is 0 Å². The van der Waals surface area contributed by atoms with E-state index in [9.17, 15) is 40.2 Å². The maximum atomic E-state index is 12.3. The van der Waals surface area contributed by atoms with Crippen LogP contribution in [0.1, 0.15) is 84.6 Å². The maximum absolute atomic E-state index is 12.3. The van der Waals surface area contributed by atoms with Crippen LogP contribution in [0.25, 0.3) is 10.8 Å². The zero-order valence-electron chi connectivity index (χ0n) is 22.1. The summed E-state index contributed by atoms with van der Waals surface area (Å²) in [6.45, 7) is 2.90. The Balaban J connectivity index is 1.54. The standard InChI is InChI=1S/C29H36O10/c1-14-10-16-11-17(26(35)36)12-18(20(16)21(31)19(14)15(2)30)38-27-24(34)22(32)23(33)25(39-27)29(37)9-5-8-28(13-29)6-3-4-7-28/h10-12,22-25,27,31-34,37H,3-9,13H2,1-2H3,(H,35,36)/t22-,23-,24+,25-,27-,29+/m0/s1. The number of benzene rings is 2. The molecule has 1 aliphatic heterocycles. The highest BCUT2D eigenvalue weighted by molar-refractivity contribution is 6.08. The molecule has 6 N–H and O–H groups in total. The van der Waals surface area contributed by atoms with E-state index in [2.05, 4.69) is 0 Å². The Morgan fingerprint density at radius 1 is 0.974 bits per heavy atom. The summed E-state index contributed by atoms with van der Waals surface area (Å²) >= 11 is 0. The number of hydrogen-bond acceptors (Lipinski definition) is 9. The number of carboxylic acid groups (broad SMARTS) is 1. The predicted octanol–water partition coefficient (Wildman–Crippen LogP) is 2.81. The van der Waals surface area contributed by atoms with Crippen LogP contribution < -0.4 is 4.74 Å². The van der Waals surface area contributed by atoms with E-state index in [0.717, 1.165) is 44.6 Å². The number of aromatic hydroxyl groups is 1. The summed E-state index contributed by atoms with van der Waals surface area (Å²) in [6.07, 6.45) is -1.50. The number of ketones is 1. The van der Waals surface area contributed by atoms with Crippen LogP contribution >= 0.6 is 0 Å². The number of Topliss-reactive ketones (excluding diaryl/α,β-unsaturated/α-hetero) is 1. The van der Waals surface area contributed by atoms with Crippen molar-refractivity contribution >= 4 is 22.5 Å². The van der Waals surface area contributed by atoms with Gasteiger partial charge in [0, 0.05) is 0 Å². The first-order chi connectivity index (χ1) is 18.4.